The van der Waals surface area contributed by atoms with Crippen LogP contribution in [0.5, 0.6) is 0 Å². The van der Waals surface area contributed by atoms with E-state index in [0.29, 0.717) is 25.1 Å². The van der Waals surface area contributed by atoms with E-state index < -0.39 is 10.0 Å². The molecule has 2 fully saturated rings. The third-order valence-electron chi connectivity index (χ3n) is 5.35. The lowest BCUT2D eigenvalue weighted by molar-refractivity contribution is 0.0200. The van der Waals surface area contributed by atoms with E-state index in [2.05, 4.69) is 42.8 Å². The van der Waals surface area contributed by atoms with Crippen LogP contribution in [0.4, 0.5) is 5.00 Å². The van der Waals surface area contributed by atoms with Crippen molar-refractivity contribution in [1.29, 1.82) is 0 Å². The average molecular weight is 444 g/mol. The molecule has 0 spiro atoms. The normalized spacial score (nSPS) is 21.9. The summed E-state index contributed by atoms with van der Waals surface area (Å²) in [4.78, 5) is 6.65. The first kappa shape index (κ1) is 22.3. The number of nitrogens with zero attached hydrogens (tertiary/aromatic N) is 2. The fourth-order valence-corrected chi connectivity index (χ4v) is 5.39. The number of hydrogen-bond donors (Lipinski definition) is 3. The molecule has 10 heteroatoms. The number of thiophene rings is 1. The van der Waals surface area contributed by atoms with E-state index in [1.54, 1.807) is 18.4 Å². The van der Waals surface area contributed by atoms with Crippen molar-refractivity contribution in [3.8, 4) is 0 Å². The molecule has 0 aliphatic carbocycles. The summed E-state index contributed by atoms with van der Waals surface area (Å²) in [5.41, 5.74) is 0. The molecular formula is C19H33N5O3S2. The van der Waals surface area contributed by atoms with Crippen molar-refractivity contribution in [2.24, 2.45) is 4.99 Å². The van der Waals surface area contributed by atoms with Crippen LogP contribution < -0.4 is 20.3 Å². The first-order chi connectivity index (χ1) is 14.1. The van der Waals surface area contributed by atoms with Gasteiger partial charge in [0.25, 0.3) is 0 Å². The average Bonchev–Trinajstić information content (AvgIpc) is 3.28. The molecule has 3 rings (SSSR count). The first-order valence-electron chi connectivity index (χ1n) is 10.4. The summed E-state index contributed by atoms with van der Waals surface area (Å²) in [5, 5.41) is 9.98. The monoisotopic (exact) mass is 443 g/mol. The highest BCUT2D eigenvalue weighted by Gasteiger charge is 2.21. The van der Waals surface area contributed by atoms with Gasteiger partial charge < -0.3 is 20.3 Å². The van der Waals surface area contributed by atoms with E-state index in [4.69, 9.17) is 4.74 Å². The largest absolute Gasteiger partial charge is 0.377 e. The van der Waals surface area contributed by atoms with Gasteiger partial charge in [0.05, 0.1) is 16.9 Å². The zero-order valence-corrected chi connectivity index (χ0v) is 18.7. The van der Waals surface area contributed by atoms with Crippen LogP contribution in [0.1, 0.15) is 32.1 Å². The van der Waals surface area contributed by atoms with Gasteiger partial charge in [0.1, 0.15) is 0 Å². The molecule has 2 aliphatic heterocycles. The Balaban J connectivity index is 1.33. The zero-order chi connectivity index (χ0) is 20.5. The van der Waals surface area contributed by atoms with Gasteiger partial charge in [-0.25, -0.2) is 13.1 Å². The maximum atomic E-state index is 12.2. The minimum absolute atomic E-state index is 0.000889. The van der Waals surface area contributed by atoms with Crippen LogP contribution >= 0.6 is 11.3 Å². The molecule has 1 atom stereocenters. The van der Waals surface area contributed by atoms with E-state index in [0.717, 1.165) is 51.8 Å². The molecule has 3 N–H and O–H groups in total. The molecule has 2 aliphatic rings. The molecule has 1 aromatic rings. The Morgan fingerprint density at radius 2 is 2.14 bits per heavy atom. The predicted octanol–water partition coefficient (Wildman–Crippen LogP) is 1.37. The molecule has 8 nitrogen and oxygen atoms in total. The highest BCUT2D eigenvalue weighted by molar-refractivity contribution is 7.89. The number of ether oxygens (including phenoxy) is 1. The quantitative estimate of drug-likeness (QED) is 0.415. The third-order valence-corrected chi connectivity index (χ3v) is 7.62. The number of anilines is 1. The lowest BCUT2D eigenvalue weighted by Gasteiger charge is -2.33. The predicted molar refractivity (Wildman–Crippen MR) is 119 cm³/mol. The van der Waals surface area contributed by atoms with Gasteiger partial charge in [-0.05, 0) is 49.6 Å². The smallest absolute Gasteiger partial charge is 0.213 e. The number of sulfonamides is 1. The summed E-state index contributed by atoms with van der Waals surface area (Å²) in [6, 6.07) is 4.59. The number of hydrogen-bond acceptors (Lipinski definition) is 6. The summed E-state index contributed by atoms with van der Waals surface area (Å²) in [7, 11) is -1.62. The molecule has 0 amide bonds. The van der Waals surface area contributed by atoms with Gasteiger partial charge in [-0.2, -0.15) is 0 Å². The van der Waals surface area contributed by atoms with Crippen LogP contribution in [0.15, 0.2) is 22.5 Å². The highest BCUT2D eigenvalue weighted by atomic mass is 32.2. The Kier molecular flexibility index (Phi) is 8.58. The molecule has 1 aromatic heterocycles. The molecule has 1 unspecified atom stereocenters. The van der Waals surface area contributed by atoms with E-state index in [1.165, 1.54) is 5.00 Å². The second-order valence-corrected chi connectivity index (χ2v) is 10.4. The van der Waals surface area contributed by atoms with Gasteiger partial charge >= 0.3 is 0 Å². The fraction of sp³-hybridized carbons (Fsp3) is 0.737. The summed E-state index contributed by atoms with van der Waals surface area (Å²) in [6.07, 6.45) is 5.14. The van der Waals surface area contributed by atoms with Crippen molar-refractivity contribution in [1.82, 2.24) is 15.4 Å². The van der Waals surface area contributed by atoms with E-state index >= 15 is 0 Å². The number of aliphatic imine (C=N–C) groups is 1. The maximum Gasteiger partial charge on any atom is 0.213 e. The van der Waals surface area contributed by atoms with Gasteiger partial charge in [-0.15, -0.1) is 11.3 Å². The van der Waals surface area contributed by atoms with Crippen molar-refractivity contribution in [3.63, 3.8) is 0 Å². The number of nitrogens with one attached hydrogen (secondary N) is 3. The molecule has 29 heavy (non-hydrogen) atoms. The van der Waals surface area contributed by atoms with Gasteiger partial charge in [0.15, 0.2) is 5.96 Å². The minimum atomic E-state index is -3.33. The molecular weight excluding hydrogens is 410 g/mol. The van der Waals surface area contributed by atoms with Crippen LogP contribution in [-0.2, 0) is 14.8 Å². The van der Waals surface area contributed by atoms with Crippen molar-refractivity contribution in [2.75, 3.05) is 50.5 Å². The SMILES string of the molecule is CN=C(NCCS(=O)(=O)NCC1CCCCO1)NC1CCN(c2cccs2)CC1. The van der Waals surface area contributed by atoms with Crippen LogP contribution in [0.25, 0.3) is 0 Å². The zero-order valence-electron chi connectivity index (χ0n) is 17.1. The second kappa shape index (κ2) is 11.1. The lowest BCUT2D eigenvalue weighted by Crippen LogP contribution is -2.49. The van der Waals surface area contributed by atoms with Gasteiger partial charge in [0, 0.05) is 45.9 Å². The van der Waals surface area contributed by atoms with E-state index in [1.807, 2.05) is 0 Å². The number of rotatable bonds is 8. The van der Waals surface area contributed by atoms with Gasteiger partial charge in [-0.1, -0.05) is 0 Å². The molecule has 0 saturated carbocycles. The molecule has 2 saturated heterocycles. The maximum absolute atomic E-state index is 12.2. The minimum Gasteiger partial charge on any atom is -0.377 e. The second-order valence-electron chi connectivity index (χ2n) is 7.51. The van der Waals surface area contributed by atoms with Crippen molar-refractivity contribution in [2.45, 2.75) is 44.2 Å². The summed E-state index contributed by atoms with van der Waals surface area (Å²) < 4.78 is 32.7. The lowest BCUT2D eigenvalue weighted by atomic mass is 10.1. The Morgan fingerprint density at radius 1 is 1.31 bits per heavy atom. The third kappa shape index (κ3) is 7.44. The van der Waals surface area contributed by atoms with Crippen molar-refractivity contribution in [3.05, 3.63) is 17.5 Å². The molecule has 3 heterocycles. The van der Waals surface area contributed by atoms with Gasteiger partial charge in [-0.3, -0.25) is 4.99 Å². The Labute approximate surface area is 178 Å². The first-order valence-corrected chi connectivity index (χ1v) is 12.9. The Bertz CT molecular complexity index is 725. The number of piperidine rings is 1. The Morgan fingerprint density at radius 3 is 2.79 bits per heavy atom. The topological polar surface area (TPSA) is 95.1 Å². The van der Waals surface area contributed by atoms with Crippen LogP contribution in [-0.4, -0.2) is 72.1 Å². The molecule has 164 valence electrons. The van der Waals surface area contributed by atoms with Crippen LogP contribution in [0.2, 0.25) is 0 Å². The summed E-state index contributed by atoms with van der Waals surface area (Å²) in [6.45, 7) is 3.42. The number of guanidine groups is 1. The Hall–Kier alpha value is -1.36. The standard InChI is InChI=1S/C19H33N5O3S2/c1-20-19(23-16-7-10-24(11-8-16)18-6-4-13-28-18)21-9-14-29(25,26)22-15-17-5-2-3-12-27-17/h4,6,13,16-17,22H,2-3,5,7-12,14-15H2,1H3,(H2,20,21,23). The van der Waals surface area contributed by atoms with Crippen LogP contribution in [0, 0.1) is 0 Å². The van der Waals surface area contributed by atoms with Gasteiger partial charge in [0.2, 0.25) is 10.0 Å². The molecule has 0 aromatic carbocycles. The summed E-state index contributed by atoms with van der Waals surface area (Å²) >= 11 is 1.77. The van der Waals surface area contributed by atoms with Crippen molar-refractivity contribution < 1.29 is 13.2 Å². The molecule has 0 bridgehead atoms. The van der Waals surface area contributed by atoms with Crippen molar-refractivity contribution >= 4 is 32.3 Å². The van der Waals surface area contributed by atoms with E-state index in [-0.39, 0.29) is 11.9 Å². The molecule has 0 radical (unpaired) electrons. The highest BCUT2D eigenvalue weighted by Crippen LogP contribution is 2.24. The van der Waals surface area contributed by atoms with Crippen LogP contribution in [0.3, 0.4) is 0 Å². The van der Waals surface area contributed by atoms with E-state index in [9.17, 15) is 8.42 Å². The fourth-order valence-electron chi connectivity index (χ4n) is 3.65. The summed E-state index contributed by atoms with van der Waals surface area (Å²) in [5.74, 6) is 0.669.